The molecule has 1 aromatic carbocycles. The number of carbonyl (C=O) groups is 1. The summed E-state index contributed by atoms with van der Waals surface area (Å²) in [5.74, 6) is 0.495. The van der Waals surface area contributed by atoms with E-state index >= 15 is 0 Å². The number of hydrogen-bond donors (Lipinski definition) is 2. The summed E-state index contributed by atoms with van der Waals surface area (Å²) >= 11 is 5.98. The molecule has 0 aliphatic heterocycles. The number of amides is 1. The van der Waals surface area contributed by atoms with Crippen molar-refractivity contribution < 1.29 is 4.79 Å². The van der Waals surface area contributed by atoms with E-state index < -0.39 is 0 Å². The second kappa shape index (κ2) is 6.39. The van der Waals surface area contributed by atoms with Crippen LogP contribution in [0.3, 0.4) is 0 Å². The fourth-order valence-corrected chi connectivity index (χ4v) is 1.83. The third-order valence-electron chi connectivity index (χ3n) is 2.83. The summed E-state index contributed by atoms with van der Waals surface area (Å²) in [5.41, 5.74) is 2.87. The van der Waals surface area contributed by atoms with Crippen molar-refractivity contribution in [1.82, 2.24) is 4.98 Å². The molecule has 0 fully saturated rings. The summed E-state index contributed by atoms with van der Waals surface area (Å²) in [5, 5.41) is 6.63. The molecular formula is C15H16ClN3O. The van der Waals surface area contributed by atoms with E-state index in [4.69, 9.17) is 11.6 Å². The number of pyridine rings is 1. The number of nitrogens with zero attached hydrogens (tertiary/aromatic N) is 1. The van der Waals surface area contributed by atoms with Crippen molar-refractivity contribution in [2.24, 2.45) is 0 Å². The van der Waals surface area contributed by atoms with E-state index in [0.29, 0.717) is 17.3 Å². The van der Waals surface area contributed by atoms with Gasteiger partial charge in [0.25, 0.3) is 0 Å². The molecule has 1 aromatic heterocycles. The van der Waals surface area contributed by atoms with Crippen LogP contribution in [0, 0.1) is 6.92 Å². The number of aryl methyl sites for hydroxylation is 1. The zero-order valence-electron chi connectivity index (χ0n) is 11.4. The van der Waals surface area contributed by atoms with Crippen molar-refractivity contribution in [3.8, 4) is 0 Å². The minimum atomic E-state index is -0.0519. The van der Waals surface area contributed by atoms with Crippen LogP contribution in [0.5, 0.6) is 0 Å². The molecule has 0 aliphatic carbocycles. The molecule has 2 N–H and O–H groups in total. The van der Waals surface area contributed by atoms with E-state index in [1.807, 2.05) is 31.2 Å². The van der Waals surface area contributed by atoms with Crippen LogP contribution in [0.4, 0.5) is 17.2 Å². The number of hydrogen-bond acceptors (Lipinski definition) is 3. The third kappa shape index (κ3) is 3.71. The van der Waals surface area contributed by atoms with Gasteiger partial charge in [0.1, 0.15) is 5.82 Å². The van der Waals surface area contributed by atoms with E-state index in [1.54, 1.807) is 19.2 Å². The van der Waals surface area contributed by atoms with Crippen molar-refractivity contribution in [3.05, 3.63) is 47.1 Å². The van der Waals surface area contributed by atoms with Gasteiger partial charge in [0.2, 0.25) is 5.91 Å². The number of rotatable bonds is 4. The monoisotopic (exact) mass is 289 g/mol. The molecule has 104 valence electrons. The highest BCUT2D eigenvalue weighted by Gasteiger charge is 2.03. The normalized spacial score (nSPS) is 10.2. The highest BCUT2D eigenvalue weighted by Crippen LogP contribution is 2.24. The number of carbonyl (C=O) groups excluding carboxylic acids is 1. The maximum absolute atomic E-state index is 11.3. The number of anilines is 3. The lowest BCUT2D eigenvalue weighted by Crippen LogP contribution is -2.10. The number of halogens is 1. The summed E-state index contributed by atoms with van der Waals surface area (Å²) in [4.78, 5) is 15.4. The zero-order chi connectivity index (χ0) is 14.5. The second-order valence-electron chi connectivity index (χ2n) is 4.42. The Morgan fingerprint density at radius 3 is 2.75 bits per heavy atom. The molecule has 4 nitrogen and oxygen atoms in total. The first-order valence-electron chi connectivity index (χ1n) is 6.37. The maximum Gasteiger partial charge on any atom is 0.225 e. The van der Waals surface area contributed by atoms with Crippen LogP contribution in [0.15, 0.2) is 36.5 Å². The Kier molecular flexibility index (Phi) is 4.58. The van der Waals surface area contributed by atoms with Gasteiger partial charge in [-0.25, -0.2) is 4.98 Å². The SMILES string of the molecule is CCC(=O)Nc1ccc(Nc2cc(Cl)ccc2C)cn1. The van der Waals surface area contributed by atoms with Crippen LogP contribution in [0.2, 0.25) is 5.02 Å². The van der Waals surface area contributed by atoms with Crippen LogP contribution in [0.1, 0.15) is 18.9 Å². The van der Waals surface area contributed by atoms with E-state index in [1.165, 1.54) is 0 Å². The van der Waals surface area contributed by atoms with Gasteiger partial charge < -0.3 is 10.6 Å². The molecule has 0 bridgehead atoms. The molecule has 0 spiro atoms. The minimum absolute atomic E-state index is 0.0519. The number of nitrogens with one attached hydrogen (secondary N) is 2. The lowest BCUT2D eigenvalue weighted by atomic mass is 10.2. The van der Waals surface area contributed by atoms with Gasteiger partial charge in [-0.05, 0) is 36.8 Å². The van der Waals surface area contributed by atoms with Crippen LogP contribution in [0.25, 0.3) is 0 Å². The first kappa shape index (κ1) is 14.3. The average Bonchev–Trinajstić information content (AvgIpc) is 2.45. The van der Waals surface area contributed by atoms with Gasteiger partial charge in [-0.1, -0.05) is 24.6 Å². The molecule has 0 atom stereocenters. The third-order valence-corrected chi connectivity index (χ3v) is 3.07. The van der Waals surface area contributed by atoms with Gasteiger partial charge in [0.05, 0.1) is 11.9 Å². The quantitative estimate of drug-likeness (QED) is 0.889. The topological polar surface area (TPSA) is 54.0 Å². The molecule has 2 rings (SSSR count). The summed E-state index contributed by atoms with van der Waals surface area (Å²) in [6, 6.07) is 9.29. The fraction of sp³-hybridized carbons (Fsp3) is 0.200. The van der Waals surface area contributed by atoms with Crippen molar-refractivity contribution in [3.63, 3.8) is 0 Å². The summed E-state index contributed by atoms with van der Waals surface area (Å²) in [6.07, 6.45) is 2.11. The smallest absolute Gasteiger partial charge is 0.225 e. The van der Waals surface area contributed by atoms with E-state index in [9.17, 15) is 4.79 Å². The molecule has 0 unspecified atom stereocenters. The molecule has 20 heavy (non-hydrogen) atoms. The van der Waals surface area contributed by atoms with Gasteiger partial charge in [0.15, 0.2) is 0 Å². The molecule has 0 aliphatic rings. The Labute approximate surface area is 123 Å². The van der Waals surface area contributed by atoms with Crippen molar-refractivity contribution in [1.29, 1.82) is 0 Å². The largest absolute Gasteiger partial charge is 0.354 e. The molecule has 5 heteroatoms. The van der Waals surface area contributed by atoms with Crippen molar-refractivity contribution in [2.45, 2.75) is 20.3 Å². The van der Waals surface area contributed by atoms with Gasteiger partial charge in [-0.15, -0.1) is 0 Å². The Balaban J connectivity index is 2.10. The van der Waals surface area contributed by atoms with Crippen LogP contribution in [-0.4, -0.2) is 10.9 Å². The lowest BCUT2D eigenvalue weighted by Gasteiger charge is -2.10. The second-order valence-corrected chi connectivity index (χ2v) is 4.85. The molecule has 1 amide bonds. The average molecular weight is 290 g/mol. The predicted molar refractivity (Wildman–Crippen MR) is 82.6 cm³/mol. The van der Waals surface area contributed by atoms with Gasteiger partial charge in [-0.2, -0.15) is 0 Å². The summed E-state index contributed by atoms with van der Waals surface area (Å²) in [7, 11) is 0. The first-order valence-corrected chi connectivity index (χ1v) is 6.75. The van der Waals surface area contributed by atoms with Crippen molar-refractivity contribution in [2.75, 3.05) is 10.6 Å². The van der Waals surface area contributed by atoms with Gasteiger partial charge in [0, 0.05) is 17.1 Å². The minimum Gasteiger partial charge on any atom is -0.354 e. The summed E-state index contributed by atoms with van der Waals surface area (Å²) < 4.78 is 0. The molecular weight excluding hydrogens is 274 g/mol. The zero-order valence-corrected chi connectivity index (χ0v) is 12.2. The highest BCUT2D eigenvalue weighted by molar-refractivity contribution is 6.30. The Bertz CT molecular complexity index is 611. The predicted octanol–water partition coefficient (Wildman–Crippen LogP) is 4.14. The fourth-order valence-electron chi connectivity index (χ4n) is 1.66. The molecule has 0 radical (unpaired) electrons. The number of aromatic nitrogens is 1. The van der Waals surface area contributed by atoms with E-state index in [0.717, 1.165) is 16.9 Å². The Morgan fingerprint density at radius 1 is 1.30 bits per heavy atom. The molecule has 2 aromatic rings. The van der Waals surface area contributed by atoms with Crippen LogP contribution in [-0.2, 0) is 4.79 Å². The standard InChI is InChI=1S/C15H16ClN3O/c1-3-15(20)19-14-7-6-12(9-17-14)18-13-8-11(16)5-4-10(13)2/h4-9,18H,3H2,1-2H3,(H,17,19,20). The van der Waals surface area contributed by atoms with Crippen molar-refractivity contribution >= 4 is 34.7 Å². The molecule has 0 saturated carbocycles. The lowest BCUT2D eigenvalue weighted by molar-refractivity contribution is -0.115. The maximum atomic E-state index is 11.3. The highest BCUT2D eigenvalue weighted by atomic mass is 35.5. The van der Waals surface area contributed by atoms with E-state index in [2.05, 4.69) is 15.6 Å². The molecule has 1 heterocycles. The molecule has 0 saturated heterocycles. The first-order chi connectivity index (χ1) is 9.58. The van der Waals surface area contributed by atoms with Gasteiger partial charge >= 0.3 is 0 Å². The van der Waals surface area contributed by atoms with Crippen LogP contribution >= 0.6 is 11.6 Å². The van der Waals surface area contributed by atoms with Gasteiger partial charge in [-0.3, -0.25) is 4.79 Å². The summed E-state index contributed by atoms with van der Waals surface area (Å²) in [6.45, 7) is 3.80. The van der Waals surface area contributed by atoms with Crippen LogP contribution < -0.4 is 10.6 Å². The Morgan fingerprint density at radius 2 is 2.10 bits per heavy atom. The Hall–Kier alpha value is -2.07. The van der Waals surface area contributed by atoms with E-state index in [-0.39, 0.29) is 5.91 Å². The number of benzene rings is 1.